The fraction of sp³-hybridized carbons (Fsp3) is 0.417. The van der Waals surface area contributed by atoms with Crippen LogP contribution in [0.25, 0.3) is 0 Å². The molecule has 0 fully saturated rings. The van der Waals surface area contributed by atoms with E-state index in [1.807, 2.05) is 12.1 Å². The van der Waals surface area contributed by atoms with Crippen molar-refractivity contribution in [2.45, 2.75) is 20.3 Å². The van der Waals surface area contributed by atoms with Crippen LogP contribution in [0.2, 0.25) is 0 Å². The lowest BCUT2D eigenvalue weighted by Gasteiger charge is -2.06. The van der Waals surface area contributed by atoms with Gasteiger partial charge < -0.3 is 4.74 Å². The van der Waals surface area contributed by atoms with Crippen molar-refractivity contribution in [3.63, 3.8) is 0 Å². The van der Waals surface area contributed by atoms with Crippen LogP contribution in [-0.4, -0.2) is 12.6 Å². The molecule has 0 spiro atoms. The second kappa shape index (κ2) is 5.91. The molecule has 0 aromatic heterocycles. The fourth-order valence-corrected chi connectivity index (χ4v) is 1.32. The highest BCUT2D eigenvalue weighted by atomic mass is 79.9. The van der Waals surface area contributed by atoms with Crippen molar-refractivity contribution in [3.05, 3.63) is 34.3 Å². The van der Waals surface area contributed by atoms with Gasteiger partial charge in [-0.1, -0.05) is 29.8 Å². The SMILES string of the molecule is CC(C)CCOC(=O)c1ccc(Br)cc1. The van der Waals surface area contributed by atoms with Gasteiger partial charge in [0.1, 0.15) is 0 Å². The second-order valence-corrected chi connectivity index (χ2v) is 4.74. The molecule has 0 radical (unpaired) electrons. The second-order valence-electron chi connectivity index (χ2n) is 3.83. The van der Waals surface area contributed by atoms with E-state index in [-0.39, 0.29) is 5.97 Å². The maximum atomic E-state index is 11.5. The van der Waals surface area contributed by atoms with Gasteiger partial charge in [-0.05, 0) is 36.6 Å². The normalized spacial score (nSPS) is 10.4. The van der Waals surface area contributed by atoms with Crippen molar-refractivity contribution in [3.8, 4) is 0 Å². The summed E-state index contributed by atoms with van der Waals surface area (Å²) in [6.45, 7) is 4.70. The van der Waals surface area contributed by atoms with Gasteiger partial charge in [0.25, 0.3) is 0 Å². The number of hydrogen-bond acceptors (Lipinski definition) is 2. The molecule has 2 nitrogen and oxygen atoms in total. The number of hydrogen-bond donors (Lipinski definition) is 0. The van der Waals surface area contributed by atoms with Crippen molar-refractivity contribution in [2.24, 2.45) is 5.92 Å². The summed E-state index contributed by atoms with van der Waals surface area (Å²) >= 11 is 3.31. The molecule has 0 bridgehead atoms. The van der Waals surface area contributed by atoms with E-state index < -0.39 is 0 Å². The summed E-state index contributed by atoms with van der Waals surface area (Å²) < 4.78 is 6.08. The summed E-state index contributed by atoms with van der Waals surface area (Å²) in [4.78, 5) is 11.5. The molecule has 1 aromatic carbocycles. The van der Waals surface area contributed by atoms with Gasteiger partial charge in [0.2, 0.25) is 0 Å². The number of carbonyl (C=O) groups is 1. The first-order chi connectivity index (χ1) is 7.09. The zero-order valence-electron chi connectivity index (χ0n) is 9.00. The fourth-order valence-electron chi connectivity index (χ4n) is 1.06. The average molecular weight is 271 g/mol. The summed E-state index contributed by atoms with van der Waals surface area (Å²) in [5, 5.41) is 0. The number of rotatable bonds is 4. The van der Waals surface area contributed by atoms with Gasteiger partial charge in [-0.2, -0.15) is 0 Å². The highest BCUT2D eigenvalue weighted by Gasteiger charge is 2.06. The molecule has 0 aliphatic heterocycles. The Bertz CT molecular complexity index is 317. The van der Waals surface area contributed by atoms with Crippen LogP contribution >= 0.6 is 15.9 Å². The summed E-state index contributed by atoms with van der Waals surface area (Å²) in [7, 11) is 0. The molecule has 82 valence electrons. The van der Waals surface area contributed by atoms with Crippen molar-refractivity contribution < 1.29 is 9.53 Å². The van der Waals surface area contributed by atoms with Crippen LogP contribution in [0.15, 0.2) is 28.7 Å². The van der Waals surface area contributed by atoms with Gasteiger partial charge in [0.15, 0.2) is 0 Å². The number of halogens is 1. The smallest absolute Gasteiger partial charge is 0.338 e. The average Bonchev–Trinajstić information content (AvgIpc) is 2.18. The van der Waals surface area contributed by atoms with Crippen LogP contribution < -0.4 is 0 Å². The predicted octanol–water partition coefficient (Wildman–Crippen LogP) is 3.65. The lowest BCUT2D eigenvalue weighted by atomic mass is 10.1. The van der Waals surface area contributed by atoms with Crippen molar-refractivity contribution in [1.82, 2.24) is 0 Å². The summed E-state index contributed by atoms with van der Waals surface area (Å²) in [5.41, 5.74) is 0.599. The zero-order chi connectivity index (χ0) is 11.3. The van der Waals surface area contributed by atoms with Gasteiger partial charge in [-0.25, -0.2) is 4.79 Å². The van der Waals surface area contributed by atoms with E-state index in [9.17, 15) is 4.79 Å². The predicted molar refractivity (Wildman–Crippen MR) is 63.9 cm³/mol. The minimum Gasteiger partial charge on any atom is -0.462 e. The minimum absolute atomic E-state index is 0.247. The Morgan fingerprint density at radius 1 is 1.33 bits per heavy atom. The summed E-state index contributed by atoms with van der Waals surface area (Å²) in [6.07, 6.45) is 0.905. The summed E-state index contributed by atoms with van der Waals surface area (Å²) in [6, 6.07) is 7.17. The standard InChI is InChI=1S/C12H15BrO2/c1-9(2)7-8-15-12(14)10-3-5-11(13)6-4-10/h3-6,9H,7-8H2,1-2H3. The lowest BCUT2D eigenvalue weighted by molar-refractivity contribution is 0.0488. The highest BCUT2D eigenvalue weighted by Crippen LogP contribution is 2.11. The molecule has 0 unspecified atom stereocenters. The van der Waals surface area contributed by atoms with Gasteiger partial charge in [-0.3, -0.25) is 0 Å². The number of ether oxygens (including phenoxy) is 1. The first-order valence-electron chi connectivity index (χ1n) is 5.02. The van der Waals surface area contributed by atoms with E-state index in [1.165, 1.54) is 0 Å². The third kappa shape index (κ3) is 4.47. The molecule has 3 heteroatoms. The van der Waals surface area contributed by atoms with Crippen molar-refractivity contribution in [1.29, 1.82) is 0 Å². The maximum absolute atomic E-state index is 11.5. The van der Waals surface area contributed by atoms with Gasteiger partial charge in [0, 0.05) is 4.47 Å². The Kier molecular flexibility index (Phi) is 4.82. The van der Waals surface area contributed by atoms with Gasteiger partial charge in [0.05, 0.1) is 12.2 Å². The molecule has 0 N–H and O–H groups in total. The largest absolute Gasteiger partial charge is 0.462 e. The van der Waals surface area contributed by atoms with Crippen LogP contribution in [0.1, 0.15) is 30.6 Å². The quantitative estimate of drug-likeness (QED) is 0.781. The molecule has 0 saturated carbocycles. The highest BCUT2D eigenvalue weighted by molar-refractivity contribution is 9.10. The topological polar surface area (TPSA) is 26.3 Å². The van der Waals surface area contributed by atoms with Crippen LogP contribution in [-0.2, 0) is 4.74 Å². The molecular weight excluding hydrogens is 256 g/mol. The molecule has 0 atom stereocenters. The van der Waals surface area contributed by atoms with Gasteiger partial charge >= 0.3 is 5.97 Å². The van der Waals surface area contributed by atoms with E-state index in [0.29, 0.717) is 18.1 Å². The van der Waals surface area contributed by atoms with E-state index in [0.717, 1.165) is 10.9 Å². The third-order valence-electron chi connectivity index (χ3n) is 2.01. The molecule has 0 aliphatic carbocycles. The molecule has 0 amide bonds. The molecule has 1 rings (SSSR count). The first-order valence-corrected chi connectivity index (χ1v) is 5.81. The van der Waals surface area contributed by atoms with Crippen molar-refractivity contribution in [2.75, 3.05) is 6.61 Å². The Morgan fingerprint density at radius 2 is 1.93 bits per heavy atom. The Morgan fingerprint density at radius 3 is 2.47 bits per heavy atom. The summed E-state index contributed by atoms with van der Waals surface area (Å²) in [5.74, 6) is 0.311. The van der Waals surface area contributed by atoms with Crippen molar-refractivity contribution >= 4 is 21.9 Å². The van der Waals surface area contributed by atoms with E-state index in [2.05, 4.69) is 29.8 Å². The van der Waals surface area contributed by atoms with E-state index in [4.69, 9.17) is 4.74 Å². The molecular formula is C12H15BrO2. The number of carbonyl (C=O) groups excluding carboxylic acids is 1. The Hall–Kier alpha value is -0.830. The van der Waals surface area contributed by atoms with Crippen LogP contribution in [0.3, 0.4) is 0 Å². The van der Waals surface area contributed by atoms with E-state index in [1.54, 1.807) is 12.1 Å². The molecule has 15 heavy (non-hydrogen) atoms. The van der Waals surface area contributed by atoms with Crippen LogP contribution in [0.5, 0.6) is 0 Å². The van der Waals surface area contributed by atoms with Crippen LogP contribution in [0, 0.1) is 5.92 Å². The minimum atomic E-state index is -0.247. The zero-order valence-corrected chi connectivity index (χ0v) is 10.6. The molecule has 1 aromatic rings. The monoisotopic (exact) mass is 270 g/mol. The van der Waals surface area contributed by atoms with E-state index >= 15 is 0 Å². The Labute approximate surface area is 98.8 Å². The molecule has 0 heterocycles. The third-order valence-corrected chi connectivity index (χ3v) is 2.54. The van der Waals surface area contributed by atoms with Crippen LogP contribution in [0.4, 0.5) is 0 Å². The molecule has 0 saturated heterocycles. The Balaban J connectivity index is 2.43. The first kappa shape index (κ1) is 12.2. The lowest BCUT2D eigenvalue weighted by Crippen LogP contribution is -2.07. The number of benzene rings is 1. The molecule has 0 aliphatic rings. The maximum Gasteiger partial charge on any atom is 0.338 e. The number of esters is 1. The van der Waals surface area contributed by atoms with Gasteiger partial charge in [-0.15, -0.1) is 0 Å².